The van der Waals surface area contributed by atoms with Gasteiger partial charge < -0.3 is 9.64 Å². The molecule has 1 heterocycles. The number of carbonyl (C=O) groups excluding carboxylic acids is 1. The Bertz CT molecular complexity index is 434. The summed E-state index contributed by atoms with van der Waals surface area (Å²) in [4.78, 5) is 21.9. The normalized spacial score (nSPS) is 14.6. The van der Waals surface area contributed by atoms with Gasteiger partial charge in [-0.2, -0.15) is 0 Å². The fourth-order valence-electron chi connectivity index (χ4n) is 2.34. The van der Waals surface area contributed by atoms with E-state index in [2.05, 4.69) is 14.7 Å². The zero-order valence-corrected chi connectivity index (χ0v) is 11.0. The Morgan fingerprint density at radius 1 is 1.33 bits per heavy atom. The average molecular weight is 249 g/mol. The van der Waals surface area contributed by atoms with E-state index >= 15 is 0 Å². The number of aryl methyl sites for hydroxylation is 1. The first-order valence-electron chi connectivity index (χ1n) is 6.33. The molecule has 1 aromatic rings. The van der Waals surface area contributed by atoms with Crippen LogP contribution < -0.4 is 4.90 Å². The smallest absolute Gasteiger partial charge is 0.325 e. The van der Waals surface area contributed by atoms with Gasteiger partial charge in [-0.15, -0.1) is 0 Å². The van der Waals surface area contributed by atoms with E-state index in [0.717, 1.165) is 24.4 Å². The number of carbonyl (C=O) groups is 1. The molecule has 5 heteroatoms. The molecule has 0 amide bonds. The van der Waals surface area contributed by atoms with Crippen LogP contribution in [0.4, 0.5) is 5.82 Å². The van der Waals surface area contributed by atoms with Crippen molar-refractivity contribution in [3.63, 3.8) is 0 Å². The van der Waals surface area contributed by atoms with Gasteiger partial charge in [-0.25, -0.2) is 9.97 Å². The Hall–Kier alpha value is -1.65. The van der Waals surface area contributed by atoms with Gasteiger partial charge in [0, 0.05) is 18.3 Å². The summed E-state index contributed by atoms with van der Waals surface area (Å²) in [6.07, 6.45) is 7.18. The molecular formula is C13H19N3O2. The topological polar surface area (TPSA) is 55.3 Å². The third-order valence-electron chi connectivity index (χ3n) is 3.31. The first-order valence-corrected chi connectivity index (χ1v) is 6.33. The van der Waals surface area contributed by atoms with E-state index in [9.17, 15) is 4.79 Å². The third-order valence-corrected chi connectivity index (χ3v) is 3.31. The Kier molecular flexibility index (Phi) is 4.12. The predicted molar refractivity (Wildman–Crippen MR) is 68.6 cm³/mol. The second-order valence-corrected chi connectivity index (χ2v) is 4.62. The number of hydrogen-bond donors (Lipinski definition) is 0. The third kappa shape index (κ3) is 2.78. The van der Waals surface area contributed by atoms with Gasteiger partial charge in [-0.3, -0.25) is 4.79 Å². The summed E-state index contributed by atoms with van der Waals surface area (Å²) in [6, 6.07) is 0. The molecule has 0 aromatic carbocycles. The van der Waals surface area contributed by atoms with Crippen molar-refractivity contribution in [1.29, 1.82) is 0 Å². The fraction of sp³-hybridized carbons (Fsp3) is 0.615. The molecule has 0 atom stereocenters. The number of esters is 1. The molecule has 0 bridgehead atoms. The minimum absolute atomic E-state index is 0.222. The Labute approximate surface area is 107 Å². The van der Waals surface area contributed by atoms with Crippen LogP contribution >= 0.6 is 0 Å². The maximum absolute atomic E-state index is 11.3. The van der Waals surface area contributed by atoms with Gasteiger partial charge in [-0.1, -0.05) is 6.42 Å². The SMILES string of the molecule is COC(=O)CN(C)c1ncnc2c1CCCCC2. The molecule has 0 radical (unpaired) electrons. The first-order chi connectivity index (χ1) is 8.72. The molecule has 1 aliphatic carbocycles. The van der Waals surface area contributed by atoms with Gasteiger partial charge >= 0.3 is 5.97 Å². The van der Waals surface area contributed by atoms with E-state index in [-0.39, 0.29) is 12.5 Å². The van der Waals surface area contributed by atoms with Crippen molar-refractivity contribution in [3.05, 3.63) is 17.6 Å². The molecule has 0 aliphatic heterocycles. The van der Waals surface area contributed by atoms with Crippen molar-refractivity contribution in [2.24, 2.45) is 0 Å². The highest BCUT2D eigenvalue weighted by atomic mass is 16.5. The highest BCUT2D eigenvalue weighted by molar-refractivity contribution is 5.75. The average Bonchev–Trinajstić information content (AvgIpc) is 2.63. The van der Waals surface area contributed by atoms with Gasteiger partial charge in [-0.05, 0) is 25.7 Å². The molecule has 18 heavy (non-hydrogen) atoms. The minimum atomic E-state index is -0.251. The molecule has 5 nitrogen and oxygen atoms in total. The quantitative estimate of drug-likeness (QED) is 0.598. The van der Waals surface area contributed by atoms with Crippen molar-refractivity contribution in [1.82, 2.24) is 9.97 Å². The lowest BCUT2D eigenvalue weighted by molar-refractivity contribution is -0.138. The van der Waals surface area contributed by atoms with E-state index in [1.54, 1.807) is 6.33 Å². The van der Waals surface area contributed by atoms with Gasteiger partial charge in [0.2, 0.25) is 0 Å². The number of ether oxygens (including phenoxy) is 1. The number of methoxy groups -OCH3 is 1. The standard InChI is InChI=1S/C13H19N3O2/c1-16(8-12(17)18-2)13-10-6-4-3-5-7-11(10)14-9-15-13/h9H,3-8H2,1-2H3. The molecule has 0 fully saturated rings. The number of hydrogen-bond acceptors (Lipinski definition) is 5. The summed E-state index contributed by atoms with van der Waals surface area (Å²) in [5.74, 6) is 0.616. The fourth-order valence-corrected chi connectivity index (χ4v) is 2.34. The number of likely N-dealkylation sites (N-methyl/N-ethyl adjacent to an activating group) is 1. The summed E-state index contributed by atoms with van der Waals surface area (Å²) in [6.45, 7) is 0.222. The molecule has 2 rings (SSSR count). The van der Waals surface area contributed by atoms with E-state index in [1.165, 1.54) is 31.9 Å². The first kappa shape index (κ1) is 12.8. The van der Waals surface area contributed by atoms with Crippen molar-refractivity contribution in [2.45, 2.75) is 32.1 Å². The summed E-state index contributed by atoms with van der Waals surface area (Å²) >= 11 is 0. The monoisotopic (exact) mass is 249 g/mol. The van der Waals surface area contributed by atoms with Crippen LogP contribution in [0.1, 0.15) is 30.5 Å². The zero-order valence-electron chi connectivity index (χ0n) is 11.0. The maximum Gasteiger partial charge on any atom is 0.325 e. The number of aromatic nitrogens is 2. The Balaban J connectivity index is 2.24. The van der Waals surface area contributed by atoms with E-state index < -0.39 is 0 Å². The van der Waals surface area contributed by atoms with Crippen LogP contribution in [0.15, 0.2) is 6.33 Å². The summed E-state index contributed by atoms with van der Waals surface area (Å²) < 4.78 is 4.69. The van der Waals surface area contributed by atoms with Gasteiger partial charge in [0.05, 0.1) is 7.11 Å². The molecular weight excluding hydrogens is 230 g/mol. The lowest BCUT2D eigenvalue weighted by Gasteiger charge is -2.20. The van der Waals surface area contributed by atoms with Crippen LogP contribution in [-0.4, -0.2) is 36.6 Å². The highest BCUT2D eigenvalue weighted by Gasteiger charge is 2.18. The van der Waals surface area contributed by atoms with Crippen LogP contribution in [0.3, 0.4) is 0 Å². The molecule has 98 valence electrons. The molecule has 1 aromatic heterocycles. The largest absolute Gasteiger partial charge is 0.468 e. The summed E-state index contributed by atoms with van der Waals surface area (Å²) in [5, 5.41) is 0. The van der Waals surface area contributed by atoms with Gasteiger partial charge in [0.1, 0.15) is 18.7 Å². The second-order valence-electron chi connectivity index (χ2n) is 4.62. The van der Waals surface area contributed by atoms with E-state index in [4.69, 9.17) is 0 Å². The molecule has 0 saturated heterocycles. The van der Waals surface area contributed by atoms with Crippen LogP contribution in [-0.2, 0) is 22.4 Å². The van der Waals surface area contributed by atoms with Gasteiger partial charge in [0.15, 0.2) is 0 Å². The van der Waals surface area contributed by atoms with Crippen LogP contribution in [0.5, 0.6) is 0 Å². The number of anilines is 1. The molecule has 0 N–H and O–H groups in total. The van der Waals surface area contributed by atoms with Crippen LogP contribution in [0.2, 0.25) is 0 Å². The number of nitrogens with zero attached hydrogens (tertiary/aromatic N) is 3. The lowest BCUT2D eigenvalue weighted by atomic mass is 10.1. The number of fused-ring (bicyclic) bond motifs is 1. The lowest BCUT2D eigenvalue weighted by Crippen LogP contribution is -2.28. The zero-order chi connectivity index (χ0) is 13.0. The van der Waals surface area contributed by atoms with Crippen molar-refractivity contribution < 1.29 is 9.53 Å². The van der Waals surface area contributed by atoms with E-state index in [0.29, 0.717) is 0 Å². The van der Waals surface area contributed by atoms with Crippen molar-refractivity contribution in [2.75, 3.05) is 25.6 Å². The maximum atomic E-state index is 11.3. The molecule has 0 unspecified atom stereocenters. The molecule has 0 spiro atoms. The minimum Gasteiger partial charge on any atom is -0.468 e. The predicted octanol–water partition coefficient (Wildman–Crippen LogP) is 1.35. The summed E-state index contributed by atoms with van der Waals surface area (Å²) in [7, 11) is 3.26. The summed E-state index contributed by atoms with van der Waals surface area (Å²) in [5.41, 5.74) is 2.33. The second kappa shape index (κ2) is 5.80. The van der Waals surface area contributed by atoms with Crippen molar-refractivity contribution >= 4 is 11.8 Å². The Morgan fingerprint density at radius 3 is 2.89 bits per heavy atom. The number of rotatable bonds is 3. The molecule has 0 saturated carbocycles. The van der Waals surface area contributed by atoms with Crippen LogP contribution in [0.25, 0.3) is 0 Å². The van der Waals surface area contributed by atoms with E-state index in [1.807, 2.05) is 11.9 Å². The Morgan fingerprint density at radius 2 is 2.11 bits per heavy atom. The molecule has 1 aliphatic rings. The highest BCUT2D eigenvalue weighted by Crippen LogP contribution is 2.25. The van der Waals surface area contributed by atoms with Gasteiger partial charge in [0.25, 0.3) is 0 Å². The van der Waals surface area contributed by atoms with Crippen LogP contribution in [0, 0.1) is 0 Å². The van der Waals surface area contributed by atoms with Crippen molar-refractivity contribution in [3.8, 4) is 0 Å².